The number of rotatable bonds is 3. The lowest BCUT2D eigenvalue weighted by Crippen LogP contribution is -2.37. The van der Waals surface area contributed by atoms with Crippen LogP contribution in [0.2, 0.25) is 0 Å². The minimum absolute atomic E-state index is 0.0533. The molecule has 0 spiro atoms. The van der Waals surface area contributed by atoms with E-state index in [1.54, 1.807) is 24.3 Å². The highest BCUT2D eigenvalue weighted by Crippen LogP contribution is 2.38. The van der Waals surface area contributed by atoms with Crippen molar-refractivity contribution in [3.05, 3.63) is 58.4 Å². The molecule has 2 aliphatic heterocycles. The zero-order valence-electron chi connectivity index (χ0n) is 15.8. The van der Waals surface area contributed by atoms with E-state index in [1.807, 2.05) is 23.1 Å². The highest BCUT2D eigenvalue weighted by atomic mass is 16.6. The number of hydrogen-bond donors (Lipinski definition) is 0. The fraction of sp³-hybridized carbons (Fsp3) is 0.333. The Bertz CT molecular complexity index is 1140. The van der Waals surface area contributed by atoms with Crippen LogP contribution >= 0.6 is 0 Å². The van der Waals surface area contributed by atoms with Crippen LogP contribution in [-0.2, 0) is 11.3 Å². The van der Waals surface area contributed by atoms with Crippen molar-refractivity contribution >= 4 is 16.8 Å². The van der Waals surface area contributed by atoms with E-state index in [-0.39, 0.29) is 24.1 Å². The molecule has 8 nitrogen and oxygen atoms in total. The van der Waals surface area contributed by atoms with Crippen LogP contribution in [0.3, 0.4) is 0 Å². The first-order chi connectivity index (χ1) is 14.2. The minimum atomic E-state index is -0.306. The largest absolute Gasteiger partial charge is 0.486 e. The van der Waals surface area contributed by atoms with Crippen molar-refractivity contribution in [3.8, 4) is 11.5 Å². The van der Waals surface area contributed by atoms with Crippen LogP contribution in [0.25, 0.3) is 10.9 Å². The summed E-state index contributed by atoms with van der Waals surface area (Å²) in [5, 5.41) is 8.46. The number of hydrogen-bond acceptors (Lipinski definition) is 6. The van der Waals surface area contributed by atoms with Gasteiger partial charge in [-0.1, -0.05) is 23.4 Å². The number of fused-ring (bicyclic) bond motifs is 2. The minimum Gasteiger partial charge on any atom is -0.486 e. The average Bonchev–Trinajstić information content (AvgIpc) is 3.26. The van der Waals surface area contributed by atoms with Crippen LogP contribution in [-0.4, -0.2) is 45.6 Å². The Morgan fingerprint density at radius 2 is 1.93 bits per heavy atom. The van der Waals surface area contributed by atoms with Crippen molar-refractivity contribution in [2.45, 2.75) is 25.4 Å². The van der Waals surface area contributed by atoms with Gasteiger partial charge in [-0.05, 0) is 42.7 Å². The Morgan fingerprint density at radius 3 is 2.83 bits per heavy atom. The van der Waals surface area contributed by atoms with Gasteiger partial charge in [-0.3, -0.25) is 9.59 Å². The summed E-state index contributed by atoms with van der Waals surface area (Å²) in [4.78, 5) is 27.5. The second-order valence-corrected chi connectivity index (χ2v) is 7.22. The second kappa shape index (κ2) is 7.20. The summed E-state index contributed by atoms with van der Waals surface area (Å²) < 4.78 is 12.4. The maximum Gasteiger partial charge on any atom is 0.278 e. The maximum absolute atomic E-state index is 13.0. The van der Waals surface area contributed by atoms with E-state index in [2.05, 4.69) is 10.3 Å². The Kier molecular flexibility index (Phi) is 4.38. The van der Waals surface area contributed by atoms with E-state index >= 15 is 0 Å². The molecule has 148 valence electrons. The van der Waals surface area contributed by atoms with Gasteiger partial charge in [0.05, 0.1) is 11.4 Å². The second-order valence-electron chi connectivity index (χ2n) is 7.22. The van der Waals surface area contributed by atoms with Gasteiger partial charge in [0.15, 0.2) is 11.5 Å². The Balaban J connectivity index is 1.39. The molecular formula is C21H20N4O4. The van der Waals surface area contributed by atoms with Gasteiger partial charge in [-0.25, -0.2) is 4.68 Å². The monoisotopic (exact) mass is 392 g/mol. The molecule has 3 heterocycles. The molecule has 1 aromatic heterocycles. The van der Waals surface area contributed by atoms with Crippen LogP contribution in [0.1, 0.15) is 24.4 Å². The van der Waals surface area contributed by atoms with Crippen molar-refractivity contribution in [2.24, 2.45) is 0 Å². The molecule has 0 unspecified atom stereocenters. The van der Waals surface area contributed by atoms with Crippen LogP contribution in [0.4, 0.5) is 0 Å². The van der Waals surface area contributed by atoms with Crippen molar-refractivity contribution in [1.82, 2.24) is 19.9 Å². The van der Waals surface area contributed by atoms with E-state index < -0.39 is 0 Å². The van der Waals surface area contributed by atoms with Gasteiger partial charge in [0.2, 0.25) is 5.91 Å². The number of likely N-dealkylation sites (tertiary alicyclic amines) is 1. The number of carbonyl (C=O) groups is 1. The number of carbonyl (C=O) groups excluding carboxylic acids is 1. The molecule has 8 heteroatoms. The molecule has 0 bridgehead atoms. The molecule has 0 radical (unpaired) electrons. The molecule has 2 aromatic carbocycles. The number of aromatic nitrogens is 3. The third kappa shape index (κ3) is 3.20. The molecular weight excluding hydrogens is 372 g/mol. The lowest BCUT2D eigenvalue weighted by molar-refractivity contribution is -0.133. The summed E-state index contributed by atoms with van der Waals surface area (Å²) in [5.74, 6) is 1.30. The van der Waals surface area contributed by atoms with Gasteiger partial charge in [-0.15, -0.1) is 5.10 Å². The third-order valence-electron chi connectivity index (χ3n) is 5.44. The smallest absolute Gasteiger partial charge is 0.278 e. The Hall–Kier alpha value is -3.42. The molecule has 3 aromatic rings. The summed E-state index contributed by atoms with van der Waals surface area (Å²) >= 11 is 0. The fourth-order valence-electron chi connectivity index (χ4n) is 4.02. The SMILES string of the molecule is O=C(Cn1nnc2ccccc2c1=O)N1CCC[C@H]1c1ccc2c(c1)OCCO2. The Morgan fingerprint density at radius 1 is 1.10 bits per heavy atom. The van der Waals surface area contributed by atoms with E-state index in [0.717, 1.165) is 28.8 Å². The van der Waals surface area contributed by atoms with E-state index in [0.29, 0.717) is 36.4 Å². The number of benzene rings is 2. The third-order valence-corrected chi connectivity index (χ3v) is 5.44. The standard InChI is InChI=1S/C21H20N4O4/c26-20(13-25-21(27)15-4-1-2-5-16(15)22-23-25)24-9-3-6-17(24)14-7-8-18-19(12-14)29-11-10-28-18/h1-2,4-5,7-8,12,17H,3,6,9-11,13H2/t17-/m0/s1. The van der Waals surface area contributed by atoms with Gasteiger partial charge < -0.3 is 14.4 Å². The first kappa shape index (κ1) is 17.7. The summed E-state index contributed by atoms with van der Waals surface area (Å²) in [5.41, 5.74) is 1.23. The molecule has 1 atom stereocenters. The number of amides is 1. The van der Waals surface area contributed by atoms with Crippen LogP contribution < -0.4 is 15.0 Å². The molecule has 1 saturated heterocycles. The Labute approximate surface area is 166 Å². The van der Waals surface area contributed by atoms with Gasteiger partial charge >= 0.3 is 0 Å². The highest BCUT2D eigenvalue weighted by Gasteiger charge is 2.31. The quantitative estimate of drug-likeness (QED) is 0.677. The van der Waals surface area contributed by atoms with Crippen molar-refractivity contribution in [2.75, 3.05) is 19.8 Å². The predicted molar refractivity (Wildman–Crippen MR) is 105 cm³/mol. The van der Waals surface area contributed by atoms with Crippen LogP contribution in [0.15, 0.2) is 47.3 Å². The van der Waals surface area contributed by atoms with Gasteiger partial charge in [-0.2, -0.15) is 0 Å². The number of nitrogens with zero attached hydrogens (tertiary/aromatic N) is 4. The molecule has 0 N–H and O–H groups in total. The molecule has 29 heavy (non-hydrogen) atoms. The fourth-order valence-corrected chi connectivity index (χ4v) is 4.02. The topological polar surface area (TPSA) is 86.5 Å². The van der Waals surface area contributed by atoms with Crippen LogP contribution in [0.5, 0.6) is 11.5 Å². The molecule has 1 fully saturated rings. The molecule has 2 aliphatic rings. The highest BCUT2D eigenvalue weighted by molar-refractivity contribution is 5.79. The van der Waals surface area contributed by atoms with Gasteiger partial charge in [0, 0.05) is 6.54 Å². The molecule has 0 saturated carbocycles. The van der Waals surface area contributed by atoms with Crippen LogP contribution in [0, 0.1) is 0 Å². The van der Waals surface area contributed by atoms with Gasteiger partial charge in [0.1, 0.15) is 25.3 Å². The van der Waals surface area contributed by atoms with Crippen molar-refractivity contribution < 1.29 is 14.3 Å². The average molecular weight is 392 g/mol. The first-order valence-electron chi connectivity index (χ1n) is 9.72. The molecule has 5 rings (SSSR count). The zero-order chi connectivity index (χ0) is 19.8. The lowest BCUT2D eigenvalue weighted by Gasteiger charge is -2.26. The lowest BCUT2D eigenvalue weighted by atomic mass is 10.0. The summed E-state index contributed by atoms with van der Waals surface area (Å²) in [7, 11) is 0. The first-order valence-corrected chi connectivity index (χ1v) is 9.72. The summed E-state index contributed by atoms with van der Waals surface area (Å²) in [6, 6.07) is 12.8. The van der Waals surface area contributed by atoms with E-state index in [9.17, 15) is 9.59 Å². The van der Waals surface area contributed by atoms with Crippen molar-refractivity contribution in [1.29, 1.82) is 0 Å². The summed E-state index contributed by atoms with van der Waals surface area (Å²) in [6.07, 6.45) is 1.77. The van der Waals surface area contributed by atoms with Crippen molar-refractivity contribution in [3.63, 3.8) is 0 Å². The normalized spacial score (nSPS) is 18.2. The van der Waals surface area contributed by atoms with Gasteiger partial charge in [0.25, 0.3) is 5.56 Å². The number of ether oxygens (including phenoxy) is 2. The summed E-state index contributed by atoms with van der Waals surface area (Å²) in [6.45, 7) is 1.58. The van der Waals surface area contributed by atoms with E-state index in [1.165, 1.54) is 0 Å². The molecule has 1 amide bonds. The van der Waals surface area contributed by atoms with E-state index in [4.69, 9.17) is 9.47 Å². The molecule has 0 aliphatic carbocycles. The predicted octanol–water partition coefficient (Wildman–Crippen LogP) is 1.93. The maximum atomic E-state index is 13.0. The zero-order valence-corrected chi connectivity index (χ0v) is 15.8.